The fourth-order valence-corrected chi connectivity index (χ4v) is 4.71. The van der Waals surface area contributed by atoms with E-state index in [1.807, 2.05) is 0 Å². The van der Waals surface area contributed by atoms with Gasteiger partial charge >= 0.3 is 6.18 Å². The van der Waals surface area contributed by atoms with Crippen molar-refractivity contribution in [1.82, 2.24) is 24.6 Å². The number of imidazole rings is 1. The van der Waals surface area contributed by atoms with Crippen LogP contribution in [0.2, 0.25) is 0 Å². The number of anilines is 1. The second-order valence-electron chi connectivity index (χ2n) is 9.35. The number of carbonyl (C=O) groups is 1. The van der Waals surface area contributed by atoms with Gasteiger partial charge in [0.15, 0.2) is 11.5 Å². The molecule has 2 saturated carbocycles. The summed E-state index contributed by atoms with van der Waals surface area (Å²) in [6.45, 7) is -0.0897. The van der Waals surface area contributed by atoms with Gasteiger partial charge in [0, 0.05) is 35.2 Å². The lowest BCUT2D eigenvalue weighted by atomic mass is 9.92. The molecule has 6 rings (SSSR count). The first kappa shape index (κ1) is 22.9. The summed E-state index contributed by atoms with van der Waals surface area (Å²) in [4.78, 5) is 20.6. The molecule has 3 aromatic heterocycles. The fourth-order valence-electron chi connectivity index (χ4n) is 4.71. The Kier molecular flexibility index (Phi) is 5.06. The Morgan fingerprint density at radius 3 is 2.72 bits per heavy atom. The van der Waals surface area contributed by atoms with Gasteiger partial charge in [-0.3, -0.25) is 14.9 Å². The third-order valence-corrected chi connectivity index (χ3v) is 6.87. The minimum absolute atomic E-state index is 0.0155. The SMILES string of the molecule is O=C(Nc1cn2cc(-c3c(C(F)(F)F)c(F)c(C(O)C4CC4)c4[nH]ncc34)ncc2n1)[C@@H]1C[C@@H]1CO. The minimum Gasteiger partial charge on any atom is -0.396 e. The number of rotatable bonds is 6. The van der Waals surface area contributed by atoms with Crippen LogP contribution in [-0.2, 0) is 11.0 Å². The van der Waals surface area contributed by atoms with Gasteiger partial charge in [-0.25, -0.2) is 9.37 Å². The van der Waals surface area contributed by atoms with Crippen LogP contribution in [0.25, 0.3) is 27.8 Å². The van der Waals surface area contributed by atoms with Crippen molar-refractivity contribution in [3.05, 3.63) is 41.7 Å². The monoisotopic (exact) mass is 504 g/mol. The summed E-state index contributed by atoms with van der Waals surface area (Å²) >= 11 is 0. The molecule has 0 saturated heterocycles. The summed E-state index contributed by atoms with van der Waals surface area (Å²) in [6, 6.07) is 0. The molecular weight excluding hydrogens is 484 g/mol. The summed E-state index contributed by atoms with van der Waals surface area (Å²) < 4.78 is 59.6. The van der Waals surface area contributed by atoms with Crippen LogP contribution in [0.4, 0.5) is 23.4 Å². The van der Waals surface area contributed by atoms with Crippen molar-refractivity contribution in [3.63, 3.8) is 0 Å². The molecule has 36 heavy (non-hydrogen) atoms. The summed E-state index contributed by atoms with van der Waals surface area (Å²) in [5.74, 6) is -2.42. The van der Waals surface area contributed by atoms with Crippen LogP contribution in [0.1, 0.15) is 36.5 Å². The number of carbonyl (C=O) groups excluding carboxylic acids is 1. The summed E-state index contributed by atoms with van der Waals surface area (Å²) in [6.07, 6.45) is 0.332. The van der Waals surface area contributed by atoms with Crippen molar-refractivity contribution in [3.8, 4) is 11.3 Å². The first-order chi connectivity index (χ1) is 17.2. The molecule has 1 unspecified atom stereocenters. The number of nitrogens with zero attached hydrogens (tertiary/aromatic N) is 4. The van der Waals surface area contributed by atoms with Gasteiger partial charge in [-0.05, 0) is 31.1 Å². The van der Waals surface area contributed by atoms with Crippen molar-refractivity contribution in [2.75, 3.05) is 11.9 Å². The van der Waals surface area contributed by atoms with Crippen molar-refractivity contribution in [2.45, 2.75) is 31.5 Å². The van der Waals surface area contributed by atoms with E-state index in [0.29, 0.717) is 19.3 Å². The third kappa shape index (κ3) is 3.69. The van der Waals surface area contributed by atoms with Gasteiger partial charge in [0.05, 0.1) is 35.9 Å². The number of halogens is 4. The molecule has 1 amide bonds. The minimum atomic E-state index is -5.08. The number of aromatic nitrogens is 5. The number of alkyl halides is 3. The quantitative estimate of drug-likeness (QED) is 0.298. The number of hydrogen-bond acceptors (Lipinski definition) is 6. The maximum Gasteiger partial charge on any atom is 0.419 e. The van der Waals surface area contributed by atoms with Crippen LogP contribution < -0.4 is 5.32 Å². The molecular formula is C23H20F4N6O3. The van der Waals surface area contributed by atoms with Crippen molar-refractivity contribution >= 4 is 28.3 Å². The molecule has 3 atom stereocenters. The van der Waals surface area contributed by atoms with Gasteiger partial charge in [0.1, 0.15) is 11.4 Å². The number of hydrogen-bond donors (Lipinski definition) is 4. The van der Waals surface area contributed by atoms with E-state index in [-0.39, 0.29) is 58.3 Å². The average molecular weight is 504 g/mol. The highest BCUT2D eigenvalue weighted by molar-refractivity contribution is 5.98. The van der Waals surface area contributed by atoms with Gasteiger partial charge in [-0.15, -0.1) is 0 Å². The van der Waals surface area contributed by atoms with Gasteiger partial charge in [0.25, 0.3) is 0 Å². The lowest BCUT2D eigenvalue weighted by molar-refractivity contribution is -0.139. The largest absolute Gasteiger partial charge is 0.419 e. The first-order valence-corrected chi connectivity index (χ1v) is 11.4. The maximum absolute atomic E-state index is 15.5. The molecule has 2 aliphatic carbocycles. The predicted octanol–water partition coefficient (Wildman–Crippen LogP) is 3.44. The fraction of sp³-hybridized carbons (Fsp3) is 0.391. The second-order valence-corrected chi connectivity index (χ2v) is 9.35. The van der Waals surface area contributed by atoms with Gasteiger partial charge in [0.2, 0.25) is 5.91 Å². The van der Waals surface area contributed by atoms with Crippen LogP contribution in [0, 0.1) is 23.6 Å². The summed E-state index contributed by atoms with van der Waals surface area (Å²) in [7, 11) is 0. The smallest absolute Gasteiger partial charge is 0.396 e. The Hall–Kier alpha value is -3.58. The van der Waals surface area contributed by atoms with Gasteiger partial charge in [-0.1, -0.05) is 0 Å². The van der Waals surface area contributed by atoms with E-state index in [4.69, 9.17) is 5.11 Å². The molecule has 13 heteroatoms. The molecule has 1 aromatic carbocycles. The van der Waals surface area contributed by atoms with E-state index < -0.39 is 34.8 Å². The zero-order chi connectivity index (χ0) is 25.4. The number of benzene rings is 1. The molecule has 0 radical (unpaired) electrons. The lowest BCUT2D eigenvalue weighted by Gasteiger charge is -2.20. The number of nitrogens with one attached hydrogen (secondary N) is 2. The number of H-pyrrole nitrogens is 1. The molecule has 0 bridgehead atoms. The van der Waals surface area contributed by atoms with E-state index in [2.05, 4.69) is 25.5 Å². The number of fused-ring (bicyclic) bond motifs is 2. The summed E-state index contributed by atoms with van der Waals surface area (Å²) in [5, 5.41) is 28.7. The van der Waals surface area contributed by atoms with E-state index >= 15 is 4.39 Å². The summed E-state index contributed by atoms with van der Waals surface area (Å²) in [5.41, 5.74) is -2.45. The van der Waals surface area contributed by atoms with E-state index in [0.717, 1.165) is 6.20 Å². The Morgan fingerprint density at radius 2 is 2.06 bits per heavy atom. The highest BCUT2D eigenvalue weighted by Crippen LogP contribution is 2.49. The van der Waals surface area contributed by atoms with Crippen LogP contribution in [-0.4, -0.2) is 47.3 Å². The Bertz CT molecular complexity index is 1510. The number of aliphatic hydroxyl groups excluding tert-OH is 2. The highest BCUT2D eigenvalue weighted by Gasteiger charge is 2.44. The normalized spacial score (nSPS) is 20.7. The third-order valence-electron chi connectivity index (χ3n) is 6.87. The zero-order valence-electron chi connectivity index (χ0n) is 18.6. The standard InChI is InChI=1S/C23H20F4N6O3/c24-19-17(21(35)9-1-2-9)20-12(4-29-32-20)16(18(19)23(25,26)27)13-6-33-7-14(30-15(33)5-28-13)31-22(36)11-3-10(11)8-34/h4-7,9-11,21,34-35H,1-3,8H2,(H,29,32)(H,31,36)/t10-,11-,21?/m1/s1. The average Bonchev–Trinajstić information content (AvgIpc) is 3.73. The van der Waals surface area contributed by atoms with Crippen molar-refractivity contribution in [1.29, 1.82) is 0 Å². The maximum atomic E-state index is 15.5. The van der Waals surface area contributed by atoms with E-state index in [1.54, 1.807) is 0 Å². The number of amides is 1. The van der Waals surface area contributed by atoms with E-state index in [1.165, 1.54) is 23.0 Å². The van der Waals surface area contributed by atoms with Gasteiger partial charge in [-0.2, -0.15) is 18.3 Å². The molecule has 3 heterocycles. The molecule has 2 fully saturated rings. The molecule has 188 valence electrons. The predicted molar refractivity (Wildman–Crippen MR) is 118 cm³/mol. The molecule has 2 aliphatic rings. The van der Waals surface area contributed by atoms with Crippen LogP contribution in [0.15, 0.2) is 24.8 Å². The highest BCUT2D eigenvalue weighted by atomic mass is 19.4. The van der Waals surface area contributed by atoms with E-state index in [9.17, 15) is 23.1 Å². The zero-order valence-corrected chi connectivity index (χ0v) is 18.6. The molecule has 0 spiro atoms. The number of aromatic amines is 1. The van der Waals surface area contributed by atoms with Crippen LogP contribution >= 0.6 is 0 Å². The van der Waals surface area contributed by atoms with Crippen molar-refractivity contribution < 1.29 is 32.6 Å². The second kappa shape index (κ2) is 7.96. The molecule has 9 nitrogen and oxygen atoms in total. The first-order valence-electron chi connectivity index (χ1n) is 11.4. The van der Waals surface area contributed by atoms with Crippen LogP contribution in [0.5, 0.6) is 0 Å². The van der Waals surface area contributed by atoms with Crippen LogP contribution in [0.3, 0.4) is 0 Å². The Labute approximate surface area is 200 Å². The molecule has 4 N–H and O–H groups in total. The molecule has 4 aromatic rings. The van der Waals surface area contributed by atoms with Crippen molar-refractivity contribution in [2.24, 2.45) is 17.8 Å². The number of aliphatic hydroxyl groups is 2. The Balaban J connectivity index is 1.46. The molecule has 0 aliphatic heterocycles. The Morgan fingerprint density at radius 1 is 1.28 bits per heavy atom. The van der Waals surface area contributed by atoms with Gasteiger partial charge < -0.3 is 19.9 Å². The lowest BCUT2D eigenvalue weighted by Crippen LogP contribution is -2.16. The topological polar surface area (TPSA) is 128 Å².